The second-order valence-corrected chi connectivity index (χ2v) is 4.25. The number of nitrogens with one attached hydrogen (secondary N) is 2. The van der Waals surface area contributed by atoms with E-state index < -0.39 is 0 Å². The van der Waals surface area contributed by atoms with Crippen LogP contribution in [0.5, 0.6) is 0 Å². The van der Waals surface area contributed by atoms with Gasteiger partial charge in [-0.15, -0.1) is 0 Å². The third kappa shape index (κ3) is 6.61. The first-order chi connectivity index (χ1) is 8.34. The van der Waals surface area contributed by atoms with E-state index in [9.17, 15) is 4.79 Å². The van der Waals surface area contributed by atoms with Crippen LogP contribution < -0.4 is 10.6 Å². The Morgan fingerprint density at radius 3 is 2.94 bits per heavy atom. The van der Waals surface area contributed by atoms with Crippen LogP contribution in [-0.4, -0.2) is 52.0 Å². The summed E-state index contributed by atoms with van der Waals surface area (Å²) in [5, 5.41) is 6.16. The summed E-state index contributed by atoms with van der Waals surface area (Å²) in [5.41, 5.74) is 0. The summed E-state index contributed by atoms with van der Waals surface area (Å²) in [5.74, 6) is 0.126. The summed E-state index contributed by atoms with van der Waals surface area (Å²) in [6, 6.07) is 0.0122. The number of ether oxygens (including phenoxy) is 2. The predicted octanol–water partition coefficient (Wildman–Crippen LogP) is 0.298. The third-order valence-corrected chi connectivity index (χ3v) is 2.82. The molecule has 0 spiro atoms. The largest absolute Gasteiger partial charge is 0.382 e. The van der Waals surface area contributed by atoms with Crippen LogP contribution in [0.15, 0.2) is 0 Å². The summed E-state index contributed by atoms with van der Waals surface area (Å²) in [6.07, 6.45) is 4.13. The minimum absolute atomic E-state index is 0.0122. The molecule has 0 aromatic heterocycles. The molecule has 5 heteroatoms. The fraction of sp³-hybridized carbons (Fsp3) is 0.917. The Balaban J connectivity index is 1.92. The van der Waals surface area contributed by atoms with Gasteiger partial charge in [0.15, 0.2) is 0 Å². The maximum absolute atomic E-state index is 11.7. The molecule has 0 aliphatic carbocycles. The summed E-state index contributed by atoms with van der Waals surface area (Å²) >= 11 is 0. The minimum atomic E-state index is 0.0122. The highest BCUT2D eigenvalue weighted by atomic mass is 16.5. The summed E-state index contributed by atoms with van der Waals surface area (Å²) in [6.45, 7) is 3.55. The van der Waals surface area contributed by atoms with Crippen molar-refractivity contribution in [1.82, 2.24) is 10.6 Å². The average Bonchev–Trinajstić information content (AvgIpc) is 2.38. The van der Waals surface area contributed by atoms with E-state index in [1.807, 2.05) is 0 Å². The van der Waals surface area contributed by atoms with Gasteiger partial charge < -0.3 is 20.1 Å². The first-order valence-electron chi connectivity index (χ1n) is 6.42. The molecule has 2 N–H and O–H groups in total. The van der Waals surface area contributed by atoms with Gasteiger partial charge in [0.1, 0.15) is 0 Å². The van der Waals surface area contributed by atoms with Crippen LogP contribution in [0.4, 0.5) is 0 Å². The molecule has 0 radical (unpaired) electrons. The highest BCUT2D eigenvalue weighted by Crippen LogP contribution is 2.06. The third-order valence-electron chi connectivity index (χ3n) is 2.82. The first kappa shape index (κ1) is 14.4. The molecular formula is C12H24N2O3. The fourth-order valence-electron chi connectivity index (χ4n) is 1.83. The van der Waals surface area contributed by atoms with Gasteiger partial charge in [0.2, 0.25) is 5.91 Å². The van der Waals surface area contributed by atoms with Crippen LogP contribution >= 0.6 is 0 Å². The molecule has 0 aromatic rings. The maximum Gasteiger partial charge on any atom is 0.237 e. The molecule has 0 bridgehead atoms. The molecule has 1 atom stereocenters. The van der Waals surface area contributed by atoms with E-state index in [0.717, 1.165) is 25.8 Å². The molecule has 5 nitrogen and oxygen atoms in total. The van der Waals surface area contributed by atoms with Gasteiger partial charge in [-0.25, -0.2) is 0 Å². The van der Waals surface area contributed by atoms with Gasteiger partial charge in [0, 0.05) is 20.3 Å². The van der Waals surface area contributed by atoms with Crippen molar-refractivity contribution in [3.05, 3.63) is 0 Å². The Labute approximate surface area is 103 Å². The molecule has 0 saturated carbocycles. The van der Waals surface area contributed by atoms with E-state index in [4.69, 9.17) is 9.47 Å². The monoisotopic (exact) mass is 244 g/mol. The van der Waals surface area contributed by atoms with Crippen molar-refractivity contribution >= 4 is 5.91 Å². The number of carbonyl (C=O) groups is 1. The lowest BCUT2D eigenvalue weighted by Gasteiger charge is -2.22. The van der Waals surface area contributed by atoms with E-state index in [1.54, 1.807) is 7.11 Å². The van der Waals surface area contributed by atoms with E-state index in [1.165, 1.54) is 6.42 Å². The van der Waals surface area contributed by atoms with Crippen LogP contribution in [0.1, 0.15) is 25.7 Å². The lowest BCUT2D eigenvalue weighted by atomic mass is 10.0. The van der Waals surface area contributed by atoms with Crippen molar-refractivity contribution in [2.45, 2.75) is 31.7 Å². The number of amides is 1. The molecule has 0 aromatic carbocycles. The van der Waals surface area contributed by atoms with Gasteiger partial charge in [0.05, 0.1) is 19.3 Å². The van der Waals surface area contributed by atoms with E-state index in [2.05, 4.69) is 10.6 Å². The zero-order valence-electron chi connectivity index (χ0n) is 10.7. The predicted molar refractivity (Wildman–Crippen MR) is 66.0 cm³/mol. The minimum Gasteiger partial charge on any atom is -0.382 e. The van der Waals surface area contributed by atoms with Crippen LogP contribution in [0.3, 0.4) is 0 Å². The molecule has 17 heavy (non-hydrogen) atoms. The molecule has 1 aliphatic heterocycles. The number of carbonyl (C=O) groups excluding carboxylic acids is 1. The van der Waals surface area contributed by atoms with Gasteiger partial charge in [-0.1, -0.05) is 6.42 Å². The Hall–Kier alpha value is -0.650. The van der Waals surface area contributed by atoms with Crippen molar-refractivity contribution in [2.75, 3.05) is 40.0 Å². The van der Waals surface area contributed by atoms with Crippen molar-refractivity contribution in [3.63, 3.8) is 0 Å². The quantitative estimate of drug-likeness (QED) is 0.603. The van der Waals surface area contributed by atoms with Gasteiger partial charge in [-0.05, 0) is 25.8 Å². The van der Waals surface area contributed by atoms with Gasteiger partial charge in [-0.2, -0.15) is 0 Å². The molecule has 1 aliphatic rings. The molecule has 1 amide bonds. The van der Waals surface area contributed by atoms with Crippen LogP contribution in [0, 0.1) is 0 Å². The molecule has 100 valence electrons. The number of hydrogen-bond acceptors (Lipinski definition) is 4. The molecule has 1 unspecified atom stereocenters. The second kappa shape index (κ2) is 9.39. The molecule has 1 rings (SSSR count). The van der Waals surface area contributed by atoms with E-state index in [0.29, 0.717) is 26.4 Å². The smallest absolute Gasteiger partial charge is 0.237 e. The van der Waals surface area contributed by atoms with Crippen molar-refractivity contribution < 1.29 is 14.3 Å². The van der Waals surface area contributed by atoms with Crippen molar-refractivity contribution in [1.29, 1.82) is 0 Å². The number of hydrogen-bond donors (Lipinski definition) is 2. The van der Waals surface area contributed by atoms with E-state index in [-0.39, 0.29) is 11.9 Å². The molecule has 1 heterocycles. The Bertz CT molecular complexity index is 206. The Morgan fingerprint density at radius 1 is 1.35 bits per heavy atom. The topological polar surface area (TPSA) is 59.6 Å². The number of piperidine rings is 1. The van der Waals surface area contributed by atoms with Crippen molar-refractivity contribution in [3.8, 4) is 0 Å². The van der Waals surface area contributed by atoms with Gasteiger partial charge >= 0.3 is 0 Å². The maximum atomic E-state index is 11.7. The van der Waals surface area contributed by atoms with Gasteiger partial charge in [-0.3, -0.25) is 4.79 Å². The summed E-state index contributed by atoms with van der Waals surface area (Å²) in [4.78, 5) is 11.7. The van der Waals surface area contributed by atoms with E-state index >= 15 is 0 Å². The Morgan fingerprint density at radius 2 is 2.24 bits per heavy atom. The summed E-state index contributed by atoms with van der Waals surface area (Å²) in [7, 11) is 1.65. The number of methoxy groups -OCH3 is 1. The zero-order chi connectivity index (χ0) is 12.3. The lowest BCUT2D eigenvalue weighted by Crippen LogP contribution is -2.46. The zero-order valence-corrected chi connectivity index (χ0v) is 10.7. The molecule has 1 fully saturated rings. The Kier molecular flexibility index (Phi) is 7.96. The average molecular weight is 244 g/mol. The highest BCUT2D eigenvalue weighted by Gasteiger charge is 2.19. The lowest BCUT2D eigenvalue weighted by molar-refractivity contribution is -0.123. The number of rotatable bonds is 8. The highest BCUT2D eigenvalue weighted by molar-refractivity contribution is 5.81. The summed E-state index contributed by atoms with van der Waals surface area (Å²) < 4.78 is 10.2. The first-order valence-corrected chi connectivity index (χ1v) is 6.42. The standard InChI is InChI=1S/C12H24N2O3/c1-16-9-10-17-8-4-7-14-12(15)11-5-2-3-6-13-11/h11,13H,2-10H2,1H3,(H,14,15). The normalized spacial score (nSPS) is 20.2. The van der Waals surface area contributed by atoms with Crippen LogP contribution in [-0.2, 0) is 14.3 Å². The molecule has 1 saturated heterocycles. The van der Waals surface area contributed by atoms with Crippen LogP contribution in [0.25, 0.3) is 0 Å². The van der Waals surface area contributed by atoms with Crippen LogP contribution in [0.2, 0.25) is 0 Å². The van der Waals surface area contributed by atoms with Crippen molar-refractivity contribution in [2.24, 2.45) is 0 Å². The SMILES string of the molecule is COCCOCCCNC(=O)C1CCCCN1. The molecular weight excluding hydrogens is 220 g/mol. The fourth-order valence-corrected chi connectivity index (χ4v) is 1.83. The second-order valence-electron chi connectivity index (χ2n) is 4.25. The van der Waals surface area contributed by atoms with Gasteiger partial charge in [0.25, 0.3) is 0 Å².